The molecule has 2 fully saturated rings. The Morgan fingerprint density at radius 1 is 1.21 bits per heavy atom. The molecule has 6 nitrogen and oxygen atoms in total. The fraction of sp³-hybridized carbons (Fsp3) is 0.941. The molecule has 0 radical (unpaired) electrons. The van der Waals surface area contributed by atoms with Crippen molar-refractivity contribution in [1.82, 2.24) is 10.2 Å². The predicted octanol–water partition coefficient (Wildman–Crippen LogP) is 2.12. The number of guanidine groups is 1. The van der Waals surface area contributed by atoms with Crippen molar-refractivity contribution in [1.29, 1.82) is 0 Å². The molecule has 0 amide bonds. The van der Waals surface area contributed by atoms with Gasteiger partial charge in [-0.15, -0.1) is 24.0 Å². The summed E-state index contributed by atoms with van der Waals surface area (Å²) in [6, 6.07) is 0. The summed E-state index contributed by atoms with van der Waals surface area (Å²) >= 11 is 0. The lowest BCUT2D eigenvalue weighted by Crippen LogP contribution is -2.41. The molecule has 1 N–H and O–H groups in total. The van der Waals surface area contributed by atoms with Crippen LogP contribution in [0.2, 0.25) is 0 Å². The Balaban J connectivity index is 0.00000288. The molecule has 0 aromatic heterocycles. The van der Waals surface area contributed by atoms with Gasteiger partial charge in [-0.3, -0.25) is 4.99 Å². The summed E-state index contributed by atoms with van der Waals surface area (Å²) in [5.41, 5.74) is 0. The Hall–Kier alpha value is -0.120. The van der Waals surface area contributed by atoms with Crippen molar-refractivity contribution in [2.75, 3.05) is 60.2 Å². The van der Waals surface area contributed by atoms with Crippen LogP contribution in [0.5, 0.6) is 0 Å². The van der Waals surface area contributed by atoms with Crippen LogP contribution in [0.25, 0.3) is 0 Å². The van der Waals surface area contributed by atoms with E-state index >= 15 is 0 Å². The fourth-order valence-electron chi connectivity index (χ4n) is 2.59. The van der Waals surface area contributed by atoms with Gasteiger partial charge in [0.2, 0.25) is 0 Å². The van der Waals surface area contributed by atoms with Crippen molar-refractivity contribution < 1.29 is 14.2 Å². The van der Waals surface area contributed by atoms with Crippen LogP contribution < -0.4 is 5.32 Å². The smallest absolute Gasteiger partial charge is 0.193 e. The van der Waals surface area contributed by atoms with Crippen LogP contribution in [0.15, 0.2) is 4.99 Å². The zero-order chi connectivity index (χ0) is 16.3. The molecule has 0 aromatic carbocycles. The number of ether oxygens (including phenoxy) is 3. The number of hydrogen-bond donors (Lipinski definition) is 1. The summed E-state index contributed by atoms with van der Waals surface area (Å²) in [6.45, 7) is 5.79. The maximum atomic E-state index is 5.67. The van der Waals surface area contributed by atoms with Gasteiger partial charge < -0.3 is 24.4 Å². The molecule has 7 heteroatoms. The Bertz CT molecular complexity index is 348. The van der Waals surface area contributed by atoms with Crippen molar-refractivity contribution in [3.05, 3.63) is 0 Å². The number of halogens is 1. The maximum Gasteiger partial charge on any atom is 0.193 e. The second kappa shape index (κ2) is 13.1. The van der Waals surface area contributed by atoms with E-state index in [1.165, 1.54) is 19.3 Å². The van der Waals surface area contributed by atoms with E-state index in [0.717, 1.165) is 70.8 Å². The molecule has 1 aliphatic carbocycles. The standard InChI is InChI=1S/C17H33N3O3.HI/c1-18-17(20(2)9-12-22-13-15-6-7-15)19-8-4-10-21-14-16-5-3-11-23-16;/h15-16H,3-14H2,1-2H3,(H,18,19);1H. The van der Waals surface area contributed by atoms with Crippen molar-refractivity contribution in [3.63, 3.8) is 0 Å². The highest BCUT2D eigenvalue weighted by molar-refractivity contribution is 14.0. The lowest BCUT2D eigenvalue weighted by molar-refractivity contribution is 0.0168. The molecule has 0 spiro atoms. The minimum atomic E-state index is 0. The third kappa shape index (κ3) is 9.39. The quantitative estimate of drug-likeness (QED) is 0.224. The predicted molar refractivity (Wildman–Crippen MR) is 107 cm³/mol. The Kier molecular flexibility index (Phi) is 12.0. The molecular weight excluding hydrogens is 421 g/mol. The number of likely N-dealkylation sites (N-methyl/N-ethyl adjacent to an activating group) is 1. The molecule has 1 saturated heterocycles. The highest BCUT2D eigenvalue weighted by atomic mass is 127. The van der Waals surface area contributed by atoms with Crippen LogP contribution in [0.1, 0.15) is 32.1 Å². The topological polar surface area (TPSA) is 55.3 Å². The Labute approximate surface area is 163 Å². The first kappa shape index (κ1) is 21.9. The van der Waals surface area contributed by atoms with Gasteiger partial charge in [0.25, 0.3) is 0 Å². The summed E-state index contributed by atoms with van der Waals surface area (Å²) in [4.78, 5) is 6.42. The molecular formula is C17H34IN3O3. The average molecular weight is 455 g/mol. The van der Waals surface area contributed by atoms with Crippen molar-refractivity contribution in [3.8, 4) is 0 Å². The third-order valence-corrected chi connectivity index (χ3v) is 4.27. The van der Waals surface area contributed by atoms with E-state index in [4.69, 9.17) is 14.2 Å². The van der Waals surface area contributed by atoms with Crippen molar-refractivity contribution in [2.24, 2.45) is 10.9 Å². The zero-order valence-corrected chi connectivity index (χ0v) is 17.5. The van der Waals surface area contributed by atoms with Crippen LogP contribution in [0, 0.1) is 5.92 Å². The number of nitrogens with zero attached hydrogens (tertiary/aromatic N) is 2. The molecule has 2 rings (SSSR count). The van der Waals surface area contributed by atoms with Gasteiger partial charge in [-0.25, -0.2) is 0 Å². The van der Waals surface area contributed by atoms with Crippen LogP contribution in [-0.4, -0.2) is 77.2 Å². The highest BCUT2D eigenvalue weighted by Crippen LogP contribution is 2.28. The second-order valence-corrected chi connectivity index (χ2v) is 6.48. The lowest BCUT2D eigenvalue weighted by Gasteiger charge is -2.22. The van der Waals surface area contributed by atoms with E-state index in [1.807, 2.05) is 14.1 Å². The minimum absolute atomic E-state index is 0. The molecule has 1 saturated carbocycles. The summed E-state index contributed by atoms with van der Waals surface area (Å²) in [5.74, 6) is 1.74. The first-order valence-electron chi connectivity index (χ1n) is 8.98. The van der Waals surface area contributed by atoms with Crippen LogP contribution in [-0.2, 0) is 14.2 Å². The lowest BCUT2D eigenvalue weighted by atomic mass is 10.2. The zero-order valence-electron chi connectivity index (χ0n) is 15.2. The summed E-state index contributed by atoms with van der Waals surface area (Å²) < 4.78 is 16.9. The van der Waals surface area contributed by atoms with Gasteiger partial charge in [-0.2, -0.15) is 0 Å². The molecule has 24 heavy (non-hydrogen) atoms. The summed E-state index contributed by atoms with van der Waals surface area (Å²) in [7, 11) is 3.86. The van der Waals surface area contributed by atoms with E-state index in [1.54, 1.807) is 0 Å². The second-order valence-electron chi connectivity index (χ2n) is 6.48. The van der Waals surface area contributed by atoms with Gasteiger partial charge in [0.05, 0.1) is 19.3 Å². The SMILES string of the molecule is CN=C(NCCCOCC1CCCO1)N(C)CCOCC1CC1.I. The first-order chi connectivity index (χ1) is 11.3. The van der Waals surface area contributed by atoms with Gasteiger partial charge in [0, 0.05) is 47.0 Å². The van der Waals surface area contributed by atoms with E-state index < -0.39 is 0 Å². The van der Waals surface area contributed by atoms with Crippen molar-refractivity contribution in [2.45, 2.75) is 38.2 Å². The van der Waals surface area contributed by atoms with E-state index in [0.29, 0.717) is 6.10 Å². The van der Waals surface area contributed by atoms with Crippen LogP contribution >= 0.6 is 24.0 Å². The molecule has 1 heterocycles. The van der Waals surface area contributed by atoms with E-state index in [-0.39, 0.29) is 24.0 Å². The molecule has 142 valence electrons. The normalized spacial score (nSPS) is 20.8. The molecule has 1 aliphatic heterocycles. The number of aliphatic imine (C=N–C) groups is 1. The monoisotopic (exact) mass is 455 g/mol. The largest absolute Gasteiger partial charge is 0.379 e. The fourth-order valence-corrected chi connectivity index (χ4v) is 2.59. The number of rotatable bonds is 11. The molecule has 2 aliphatic rings. The van der Waals surface area contributed by atoms with Crippen LogP contribution in [0.4, 0.5) is 0 Å². The average Bonchev–Trinajstić information content (AvgIpc) is 3.24. The Morgan fingerprint density at radius 2 is 2.00 bits per heavy atom. The highest BCUT2D eigenvalue weighted by Gasteiger charge is 2.21. The Morgan fingerprint density at radius 3 is 2.67 bits per heavy atom. The first-order valence-corrected chi connectivity index (χ1v) is 8.98. The number of hydrogen-bond acceptors (Lipinski definition) is 4. The number of nitrogens with one attached hydrogen (secondary N) is 1. The molecule has 1 unspecified atom stereocenters. The van der Waals surface area contributed by atoms with Crippen molar-refractivity contribution >= 4 is 29.9 Å². The minimum Gasteiger partial charge on any atom is -0.379 e. The third-order valence-electron chi connectivity index (χ3n) is 4.27. The maximum absolute atomic E-state index is 5.67. The summed E-state index contributed by atoms with van der Waals surface area (Å²) in [6.07, 6.45) is 6.28. The summed E-state index contributed by atoms with van der Waals surface area (Å²) in [5, 5.41) is 3.37. The van der Waals surface area contributed by atoms with E-state index in [2.05, 4.69) is 15.2 Å². The molecule has 1 atom stereocenters. The van der Waals surface area contributed by atoms with Gasteiger partial charge in [-0.1, -0.05) is 0 Å². The van der Waals surface area contributed by atoms with E-state index in [9.17, 15) is 0 Å². The van der Waals surface area contributed by atoms with Gasteiger partial charge in [-0.05, 0) is 38.0 Å². The molecule has 0 aromatic rings. The van der Waals surface area contributed by atoms with Gasteiger partial charge in [0.15, 0.2) is 5.96 Å². The van der Waals surface area contributed by atoms with Gasteiger partial charge in [0.1, 0.15) is 0 Å². The van der Waals surface area contributed by atoms with Crippen LogP contribution in [0.3, 0.4) is 0 Å². The van der Waals surface area contributed by atoms with Gasteiger partial charge >= 0.3 is 0 Å². The molecule has 0 bridgehead atoms.